The topological polar surface area (TPSA) is 49.6 Å². The van der Waals surface area contributed by atoms with E-state index in [9.17, 15) is 4.79 Å². The summed E-state index contributed by atoms with van der Waals surface area (Å²) < 4.78 is 1.77. The SMILES string of the molecule is CCNC(=NCCCCn1ccccc1=O)N1CCC(c2ccccc2)C(CC)C1. The molecule has 2 unspecified atom stereocenters. The molecule has 1 N–H and O–H groups in total. The van der Waals surface area contributed by atoms with Gasteiger partial charge >= 0.3 is 0 Å². The fraction of sp³-hybridized carbons (Fsp3) is 0.520. The zero-order valence-corrected chi connectivity index (χ0v) is 18.5. The van der Waals surface area contributed by atoms with Crippen LogP contribution in [0.3, 0.4) is 0 Å². The van der Waals surface area contributed by atoms with Crippen LogP contribution in [0.25, 0.3) is 0 Å². The number of rotatable bonds is 8. The fourth-order valence-electron chi connectivity index (χ4n) is 4.43. The number of piperidine rings is 1. The summed E-state index contributed by atoms with van der Waals surface area (Å²) >= 11 is 0. The number of aliphatic imine (C=N–C) groups is 1. The number of hydrogen-bond acceptors (Lipinski definition) is 2. The lowest BCUT2D eigenvalue weighted by molar-refractivity contribution is 0.215. The van der Waals surface area contributed by atoms with Crippen LogP contribution < -0.4 is 10.9 Å². The van der Waals surface area contributed by atoms with Crippen LogP contribution in [-0.4, -0.2) is 41.6 Å². The Morgan fingerprint density at radius 2 is 1.90 bits per heavy atom. The van der Waals surface area contributed by atoms with Gasteiger partial charge < -0.3 is 14.8 Å². The van der Waals surface area contributed by atoms with Crippen LogP contribution in [0.1, 0.15) is 51.0 Å². The number of aromatic nitrogens is 1. The van der Waals surface area contributed by atoms with Gasteiger partial charge in [0.15, 0.2) is 5.96 Å². The number of aryl methyl sites for hydroxylation is 1. The van der Waals surface area contributed by atoms with Crippen LogP contribution in [0, 0.1) is 5.92 Å². The fourth-order valence-corrected chi connectivity index (χ4v) is 4.43. The smallest absolute Gasteiger partial charge is 0.250 e. The molecule has 30 heavy (non-hydrogen) atoms. The molecule has 5 nitrogen and oxygen atoms in total. The first-order valence-corrected chi connectivity index (χ1v) is 11.5. The average molecular weight is 409 g/mol. The molecule has 0 spiro atoms. The largest absolute Gasteiger partial charge is 0.357 e. The van der Waals surface area contributed by atoms with Crippen molar-refractivity contribution in [2.45, 2.75) is 52.0 Å². The highest BCUT2D eigenvalue weighted by Gasteiger charge is 2.30. The number of nitrogens with zero attached hydrogens (tertiary/aromatic N) is 3. The minimum absolute atomic E-state index is 0.0706. The Kier molecular flexibility index (Phi) is 8.54. The van der Waals surface area contributed by atoms with E-state index in [2.05, 4.69) is 54.4 Å². The van der Waals surface area contributed by atoms with Crippen molar-refractivity contribution < 1.29 is 0 Å². The van der Waals surface area contributed by atoms with E-state index < -0.39 is 0 Å². The summed E-state index contributed by atoms with van der Waals surface area (Å²) in [6, 6.07) is 16.3. The zero-order chi connectivity index (χ0) is 21.2. The lowest BCUT2D eigenvalue weighted by Gasteiger charge is -2.40. The predicted molar refractivity (Wildman–Crippen MR) is 125 cm³/mol. The van der Waals surface area contributed by atoms with Gasteiger partial charge in [0.25, 0.3) is 0 Å². The molecule has 1 aliphatic rings. The van der Waals surface area contributed by atoms with Crippen molar-refractivity contribution in [2.75, 3.05) is 26.2 Å². The molecule has 1 aromatic heterocycles. The van der Waals surface area contributed by atoms with E-state index in [1.807, 2.05) is 12.3 Å². The Morgan fingerprint density at radius 3 is 2.63 bits per heavy atom. The number of nitrogens with one attached hydrogen (secondary N) is 1. The first-order chi connectivity index (χ1) is 14.7. The quantitative estimate of drug-likeness (QED) is 0.406. The summed E-state index contributed by atoms with van der Waals surface area (Å²) in [6.45, 7) is 8.97. The normalized spacial score (nSPS) is 19.7. The first kappa shape index (κ1) is 22.1. The highest BCUT2D eigenvalue weighted by atomic mass is 16.1. The van der Waals surface area contributed by atoms with Crippen LogP contribution in [0.5, 0.6) is 0 Å². The van der Waals surface area contributed by atoms with Crippen molar-refractivity contribution in [1.82, 2.24) is 14.8 Å². The van der Waals surface area contributed by atoms with Crippen LogP contribution >= 0.6 is 0 Å². The molecule has 2 heterocycles. The highest BCUT2D eigenvalue weighted by Crippen LogP contribution is 2.34. The van der Waals surface area contributed by atoms with Gasteiger partial charge in [-0.1, -0.05) is 49.7 Å². The van der Waals surface area contributed by atoms with E-state index in [0.717, 1.165) is 51.5 Å². The van der Waals surface area contributed by atoms with Gasteiger partial charge in [-0.15, -0.1) is 0 Å². The molecule has 0 amide bonds. The number of unbranched alkanes of at least 4 members (excludes halogenated alkanes) is 1. The number of guanidine groups is 1. The third-order valence-electron chi connectivity index (χ3n) is 6.09. The van der Waals surface area contributed by atoms with Crippen molar-refractivity contribution in [3.05, 3.63) is 70.6 Å². The Balaban J connectivity index is 1.55. The maximum absolute atomic E-state index is 11.8. The maximum Gasteiger partial charge on any atom is 0.250 e. The van der Waals surface area contributed by atoms with Gasteiger partial charge in [0, 0.05) is 45.0 Å². The average Bonchev–Trinajstić information content (AvgIpc) is 2.79. The van der Waals surface area contributed by atoms with Crippen molar-refractivity contribution in [1.29, 1.82) is 0 Å². The molecule has 1 fully saturated rings. The van der Waals surface area contributed by atoms with Gasteiger partial charge in [-0.2, -0.15) is 0 Å². The summed E-state index contributed by atoms with van der Waals surface area (Å²) in [5.74, 6) is 2.33. The Hall–Kier alpha value is -2.56. The summed E-state index contributed by atoms with van der Waals surface area (Å²) in [7, 11) is 0. The van der Waals surface area contributed by atoms with Crippen molar-refractivity contribution in [3.8, 4) is 0 Å². The standard InChI is InChI=1S/C25H36N4O/c1-3-21-20-29(19-15-23(21)22-12-6-5-7-13-22)25(26-4-2)27-16-9-11-18-28-17-10-8-14-24(28)30/h5-8,10,12-14,17,21,23H,3-4,9,11,15-16,18-20H2,1-2H3,(H,26,27). The monoisotopic (exact) mass is 408 g/mol. The third-order valence-corrected chi connectivity index (χ3v) is 6.09. The van der Waals surface area contributed by atoms with Gasteiger partial charge in [0.1, 0.15) is 0 Å². The van der Waals surface area contributed by atoms with Gasteiger partial charge in [-0.25, -0.2) is 0 Å². The minimum atomic E-state index is 0.0706. The summed E-state index contributed by atoms with van der Waals surface area (Å²) in [5, 5.41) is 3.49. The number of likely N-dealkylation sites (tertiary alicyclic amines) is 1. The summed E-state index contributed by atoms with van der Waals surface area (Å²) in [4.78, 5) is 19.1. The molecule has 162 valence electrons. The predicted octanol–water partition coefficient (Wildman–Crippen LogP) is 4.11. The Labute approximate surface area is 180 Å². The second kappa shape index (κ2) is 11.6. The molecule has 0 bridgehead atoms. The van der Waals surface area contributed by atoms with Crippen LogP contribution in [0.15, 0.2) is 64.5 Å². The Bertz CT molecular complexity index is 845. The molecule has 0 aliphatic carbocycles. The lowest BCUT2D eigenvalue weighted by Crippen LogP contribution is -2.48. The molecule has 5 heteroatoms. The van der Waals surface area contributed by atoms with Gasteiger partial charge in [-0.05, 0) is 49.7 Å². The van der Waals surface area contributed by atoms with Crippen molar-refractivity contribution in [3.63, 3.8) is 0 Å². The zero-order valence-electron chi connectivity index (χ0n) is 18.5. The number of pyridine rings is 1. The molecule has 2 aromatic rings. The van der Waals surface area contributed by atoms with E-state index in [1.54, 1.807) is 16.7 Å². The summed E-state index contributed by atoms with van der Waals surface area (Å²) in [5.41, 5.74) is 1.54. The van der Waals surface area contributed by atoms with Crippen LogP contribution in [-0.2, 0) is 6.54 Å². The van der Waals surface area contributed by atoms with E-state index >= 15 is 0 Å². The van der Waals surface area contributed by atoms with Gasteiger partial charge in [0.2, 0.25) is 5.56 Å². The van der Waals surface area contributed by atoms with Crippen molar-refractivity contribution in [2.24, 2.45) is 10.9 Å². The second-order valence-corrected chi connectivity index (χ2v) is 8.10. The molecule has 1 aliphatic heterocycles. The molecule has 1 saturated heterocycles. The van der Waals surface area contributed by atoms with E-state index in [0.29, 0.717) is 11.8 Å². The lowest BCUT2D eigenvalue weighted by atomic mass is 9.79. The third kappa shape index (κ3) is 5.97. The molecule has 2 atom stereocenters. The molecule has 1 aromatic carbocycles. The van der Waals surface area contributed by atoms with Crippen LogP contribution in [0.2, 0.25) is 0 Å². The molecular weight excluding hydrogens is 372 g/mol. The number of benzene rings is 1. The van der Waals surface area contributed by atoms with E-state index in [-0.39, 0.29) is 5.56 Å². The van der Waals surface area contributed by atoms with E-state index in [4.69, 9.17) is 4.99 Å². The van der Waals surface area contributed by atoms with Crippen LogP contribution in [0.4, 0.5) is 0 Å². The summed E-state index contributed by atoms with van der Waals surface area (Å²) in [6.07, 6.45) is 6.15. The first-order valence-electron chi connectivity index (χ1n) is 11.5. The minimum Gasteiger partial charge on any atom is -0.357 e. The number of hydrogen-bond donors (Lipinski definition) is 1. The molecule has 0 radical (unpaired) electrons. The maximum atomic E-state index is 11.8. The Morgan fingerprint density at radius 1 is 1.10 bits per heavy atom. The second-order valence-electron chi connectivity index (χ2n) is 8.10. The van der Waals surface area contributed by atoms with Crippen molar-refractivity contribution >= 4 is 5.96 Å². The van der Waals surface area contributed by atoms with E-state index in [1.165, 1.54) is 18.4 Å². The molecular formula is C25H36N4O. The molecule has 3 rings (SSSR count). The molecule has 0 saturated carbocycles. The van der Waals surface area contributed by atoms with Gasteiger partial charge in [0.05, 0.1) is 0 Å². The van der Waals surface area contributed by atoms with Gasteiger partial charge in [-0.3, -0.25) is 9.79 Å². The highest BCUT2D eigenvalue weighted by molar-refractivity contribution is 5.80.